The smallest absolute Gasteiger partial charge is 0.0462 e. The fraction of sp³-hybridized carbons (Fsp3) is 0.684. The predicted molar refractivity (Wildman–Crippen MR) is 87.4 cm³/mol. The van der Waals surface area contributed by atoms with Gasteiger partial charge in [-0.1, -0.05) is 44.0 Å². The molecule has 4 unspecified atom stereocenters. The Labute approximate surface area is 129 Å². The molecule has 1 aromatic carbocycles. The van der Waals surface area contributed by atoms with Crippen molar-refractivity contribution in [1.82, 2.24) is 5.32 Å². The summed E-state index contributed by atoms with van der Waals surface area (Å²) in [6, 6.07) is 9.44. The second-order valence-electron chi connectivity index (χ2n) is 7.06. The average molecular weight is 287 g/mol. The van der Waals surface area contributed by atoms with Crippen molar-refractivity contribution in [2.75, 3.05) is 13.2 Å². The summed E-state index contributed by atoms with van der Waals surface area (Å²) >= 11 is 0. The quantitative estimate of drug-likeness (QED) is 0.877. The first kappa shape index (κ1) is 15.1. The summed E-state index contributed by atoms with van der Waals surface area (Å²) in [7, 11) is 0. The monoisotopic (exact) mass is 287 g/mol. The van der Waals surface area contributed by atoms with E-state index in [9.17, 15) is 5.11 Å². The van der Waals surface area contributed by atoms with Crippen LogP contribution < -0.4 is 5.32 Å². The second-order valence-corrected chi connectivity index (χ2v) is 7.06. The number of hydrogen-bond acceptors (Lipinski definition) is 2. The summed E-state index contributed by atoms with van der Waals surface area (Å²) in [5.41, 5.74) is 3.04. The van der Waals surface area contributed by atoms with Gasteiger partial charge in [-0.3, -0.25) is 0 Å². The topological polar surface area (TPSA) is 32.3 Å². The minimum Gasteiger partial charge on any atom is -0.396 e. The molecule has 4 atom stereocenters. The van der Waals surface area contributed by atoms with Crippen molar-refractivity contribution in [3.8, 4) is 0 Å². The molecule has 2 heteroatoms. The molecule has 0 heterocycles. The summed E-state index contributed by atoms with van der Waals surface area (Å²) in [5.74, 6) is 1.87. The Hall–Kier alpha value is -0.860. The van der Waals surface area contributed by atoms with Crippen LogP contribution in [0, 0.1) is 11.8 Å². The van der Waals surface area contributed by atoms with Crippen LogP contribution in [0.25, 0.3) is 0 Å². The van der Waals surface area contributed by atoms with E-state index in [-0.39, 0.29) is 0 Å². The fourth-order valence-electron chi connectivity index (χ4n) is 4.30. The van der Waals surface area contributed by atoms with Crippen molar-refractivity contribution in [3.05, 3.63) is 35.4 Å². The van der Waals surface area contributed by atoms with E-state index in [1.807, 2.05) is 0 Å². The van der Waals surface area contributed by atoms with E-state index < -0.39 is 0 Å². The molecule has 1 fully saturated rings. The molecule has 21 heavy (non-hydrogen) atoms. The molecule has 0 bridgehead atoms. The highest BCUT2D eigenvalue weighted by atomic mass is 16.3. The van der Waals surface area contributed by atoms with Crippen molar-refractivity contribution in [1.29, 1.82) is 0 Å². The lowest BCUT2D eigenvalue weighted by atomic mass is 9.78. The minimum atomic E-state index is 0.366. The molecule has 2 N–H and O–H groups in total. The van der Waals surface area contributed by atoms with Crippen LogP contribution in [0.5, 0.6) is 0 Å². The molecule has 0 spiro atoms. The second kappa shape index (κ2) is 6.93. The Bertz CT molecular complexity index is 459. The zero-order valence-corrected chi connectivity index (χ0v) is 13.2. The highest BCUT2D eigenvalue weighted by Crippen LogP contribution is 2.37. The highest BCUT2D eigenvalue weighted by molar-refractivity contribution is 5.34. The molecular weight excluding hydrogens is 258 g/mol. The summed E-state index contributed by atoms with van der Waals surface area (Å²) in [6.45, 7) is 3.78. The van der Waals surface area contributed by atoms with Crippen LogP contribution in [-0.2, 0) is 0 Å². The van der Waals surface area contributed by atoms with Crippen molar-refractivity contribution in [2.45, 2.75) is 57.4 Å². The molecule has 116 valence electrons. The molecule has 0 saturated heterocycles. The van der Waals surface area contributed by atoms with E-state index in [0.29, 0.717) is 30.4 Å². The number of rotatable bonds is 4. The molecule has 1 aromatic rings. The largest absolute Gasteiger partial charge is 0.396 e. The molecule has 0 radical (unpaired) electrons. The molecule has 0 aromatic heterocycles. The van der Waals surface area contributed by atoms with E-state index in [2.05, 4.69) is 36.5 Å². The van der Waals surface area contributed by atoms with Crippen LogP contribution in [0.2, 0.25) is 0 Å². The standard InChI is InChI=1S/C19H29NO/c1-14-10-11-19(18-9-5-4-8-17(14)18)20-12-15-6-2-3-7-16(15)13-21/h4-5,8-9,14-16,19-21H,2-3,6-7,10-13H2,1H3. The van der Waals surface area contributed by atoms with E-state index in [1.165, 1.54) is 49.7 Å². The summed E-state index contributed by atoms with van der Waals surface area (Å²) in [6.07, 6.45) is 7.65. The zero-order chi connectivity index (χ0) is 14.7. The highest BCUT2D eigenvalue weighted by Gasteiger charge is 2.28. The Morgan fingerprint density at radius 2 is 1.71 bits per heavy atom. The van der Waals surface area contributed by atoms with Crippen LogP contribution in [0.15, 0.2) is 24.3 Å². The maximum atomic E-state index is 9.56. The average Bonchev–Trinajstić information content (AvgIpc) is 2.55. The van der Waals surface area contributed by atoms with Crippen LogP contribution in [-0.4, -0.2) is 18.3 Å². The Morgan fingerprint density at radius 3 is 2.48 bits per heavy atom. The van der Waals surface area contributed by atoms with Gasteiger partial charge >= 0.3 is 0 Å². The van der Waals surface area contributed by atoms with Crippen LogP contribution in [0.1, 0.15) is 68.5 Å². The Kier molecular flexibility index (Phi) is 4.97. The Balaban J connectivity index is 1.64. The molecule has 1 saturated carbocycles. The van der Waals surface area contributed by atoms with Crippen molar-refractivity contribution >= 4 is 0 Å². The first-order chi connectivity index (χ1) is 10.3. The number of fused-ring (bicyclic) bond motifs is 1. The number of aliphatic hydroxyl groups excluding tert-OH is 1. The van der Waals surface area contributed by atoms with Gasteiger partial charge in [0.25, 0.3) is 0 Å². The van der Waals surface area contributed by atoms with Gasteiger partial charge in [-0.05, 0) is 61.1 Å². The third kappa shape index (κ3) is 3.32. The molecule has 2 nitrogen and oxygen atoms in total. The lowest BCUT2D eigenvalue weighted by molar-refractivity contribution is 0.130. The van der Waals surface area contributed by atoms with Crippen LogP contribution >= 0.6 is 0 Å². The predicted octanol–water partition coefficient (Wildman–Crippen LogP) is 4.01. The normalized spacial score (nSPS) is 32.7. The summed E-state index contributed by atoms with van der Waals surface area (Å²) in [4.78, 5) is 0. The SMILES string of the molecule is CC1CCC(NCC2CCCCC2CO)c2ccccc21. The molecule has 0 amide bonds. The number of benzene rings is 1. The maximum Gasteiger partial charge on any atom is 0.0462 e. The molecule has 3 rings (SSSR count). The summed E-state index contributed by atoms with van der Waals surface area (Å²) in [5, 5.41) is 13.4. The third-order valence-corrected chi connectivity index (χ3v) is 5.72. The van der Waals surface area contributed by atoms with Gasteiger partial charge in [0.2, 0.25) is 0 Å². The van der Waals surface area contributed by atoms with E-state index in [4.69, 9.17) is 0 Å². The van der Waals surface area contributed by atoms with E-state index >= 15 is 0 Å². The molecule has 2 aliphatic carbocycles. The van der Waals surface area contributed by atoms with E-state index in [1.54, 1.807) is 0 Å². The molecular formula is C19H29NO. The van der Waals surface area contributed by atoms with Crippen molar-refractivity contribution in [3.63, 3.8) is 0 Å². The van der Waals surface area contributed by atoms with Gasteiger partial charge in [0.1, 0.15) is 0 Å². The number of aliphatic hydroxyl groups is 1. The molecule has 2 aliphatic rings. The molecule has 0 aliphatic heterocycles. The Morgan fingerprint density at radius 1 is 1.00 bits per heavy atom. The fourth-order valence-corrected chi connectivity index (χ4v) is 4.30. The zero-order valence-electron chi connectivity index (χ0n) is 13.2. The van der Waals surface area contributed by atoms with Gasteiger partial charge in [-0.25, -0.2) is 0 Å². The summed E-state index contributed by atoms with van der Waals surface area (Å²) < 4.78 is 0. The third-order valence-electron chi connectivity index (χ3n) is 5.72. The lowest BCUT2D eigenvalue weighted by Crippen LogP contribution is -2.35. The van der Waals surface area contributed by atoms with E-state index in [0.717, 1.165) is 6.54 Å². The van der Waals surface area contributed by atoms with Gasteiger partial charge < -0.3 is 10.4 Å². The number of hydrogen-bond donors (Lipinski definition) is 2. The van der Waals surface area contributed by atoms with Gasteiger partial charge in [-0.15, -0.1) is 0 Å². The van der Waals surface area contributed by atoms with Gasteiger partial charge in [0.05, 0.1) is 0 Å². The first-order valence-electron chi connectivity index (χ1n) is 8.72. The van der Waals surface area contributed by atoms with Gasteiger partial charge in [0.15, 0.2) is 0 Å². The van der Waals surface area contributed by atoms with Crippen molar-refractivity contribution < 1.29 is 5.11 Å². The number of nitrogens with one attached hydrogen (secondary N) is 1. The van der Waals surface area contributed by atoms with Gasteiger partial charge in [-0.2, -0.15) is 0 Å². The van der Waals surface area contributed by atoms with Gasteiger partial charge in [0, 0.05) is 12.6 Å². The van der Waals surface area contributed by atoms with Crippen molar-refractivity contribution in [2.24, 2.45) is 11.8 Å². The minimum absolute atomic E-state index is 0.366. The maximum absolute atomic E-state index is 9.56. The lowest BCUT2D eigenvalue weighted by Gasteiger charge is -2.35. The van der Waals surface area contributed by atoms with Crippen LogP contribution in [0.3, 0.4) is 0 Å². The van der Waals surface area contributed by atoms with Crippen LogP contribution in [0.4, 0.5) is 0 Å². The first-order valence-corrected chi connectivity index (χ1v) is 8.72.